The summed E-state index contributed by atoms with van der Waals surface area (Å²) in [6, 6.07) is 16.4. The van der Waals surface area contributed by atoms with Crippen molar-refractivity contribution in [2.24, 2.45) is 0 Å². The number of nitrogens with one attached hydrogen (secondary N) is 2. The van der Waals surface area contributed by atoms with Gasteiger partial charge in [0.25, 0.3) is 11.8 Å². The first-order valence-corrected chi connectivity index (χ1v) is 11.8. The van der Waals surface area contributed by atoms with Crippen LogP contribution in [0.25, 0.3) is 6.08 Å². The summed E-state index contributed by atoms with van der Waals surface area (Å²) >= 11 is 12.6. The molecule has 0 radical (unpaired) electrons. The molecule has 1 fully saturated rings. The average molecular weight is 500 g/mol. The number of halogens is 1. The third-order valence-electron chi connectivity index (χ3n) is 4.65. The molecule has 3 rings (SSSR count). The van der Waals surface area contributed by atoms with E-state index in [0.717, 1.165) is 11.1 Å². The van der Waals surface area contributed by atoms with Gasteiger partial charge in [0, 0.05) is 13.0 Å². The second kappa shape index (κ2) is 11.8. The smallest absolute Gasteiger partial charge is 0.271 e. The van der Waals surface area contributed by atoms with E-state index in [1.54, 1.807) is 24.3 Å². The first-order chi connectivity index (χ1) is 15.8. The van der Waals surface area contributed by atoms with Crippen LogP contribution in [0.1, 0.15) is 35.7 Å². The van der Waals surface area contributed by atoms with E-state index < -0.39 is 5.91 Å². The number of benzene rings is 2. The predicted molar refractivity (Wildman–Crippen MR) is 136 cm³/mol. The lowest BCUT2D eigenvalue weighted by Gasteiger charge is -2.14. The molecule has 0 unspecified atom stereocenters. The molecular formula is C24H22ClN3O3S2. The van der Waals surface area contributed by atoms with Gasteiger partial charge in [0.05, 0.1) is 15.5 Å². The highest BCUT2D eigenvalue weighted by molar-refractivity contribution is 8.26. The number of thioether (sulfide) groups is 1. The molecule has 170 valence electrons. The Morgan fingerprint density at radius 2 is 1.79 bits per heavy atom. The number of hydrogen-bond acceptors (Lipinski definition) is 5. The van der Waals surface area contributed by atoms with Crippen molar-refractivity contribution < 1.29 is 14.4 Å². The third kappa shape index (κ3) is 7.02. The maximum Gasteiger partial charge on any atom is 0.271 e. The van der Waals surface area contributed by atoms with E-state index in [1.165, 1.54) is 16.7 Å². The number of carbonyl (C=O) groups excluding carboxylic acids is 3. The SMILES string of the molecule is CC(/C=C1\SC(=S)N(CCCC(=O)NNC(=O)c2ccccc2Cl)C1=O)=C\c1ccccc1. The molecule has 6 nitrogen and oxygen atoms in total. The van der Waals surface area contributed by atoms with Crippen LogP contribution in [-0.4, -0.2) is 33.5 Å². The summed E-state index contributed by atoms with van der Waals surface area (Å²) in [5.74, 6) is -1.05. The fraction of sp³-hybridized carbons (Fsp3) is 0.167. The van der Waals surface area contributed by atoms with Gasteiger partial charge in [0.1, 0.15) is 4.32 Å². The Hall–Kier alpha value is -2.94. The van der Waals surface area contributed by atoms with Gasteiger partial charge in [-0.15, -0.1) is 0 Å². The van der Waals surface area contributed by atoms with E-state index in [2.05, 4.69) is 10.9 Å². The molecule has 2 aromatic rings. The predicted octanol–water partition coefficient (Wildman–Crippen LogP) is 4.73. The number of nitrogens with zero attached hydrogens (tertiary/aromatic N) is 1. The minimum absolute atomic E-state index is 0.117. The van der Waals surface area contributed by atoms with Crippen molar-refractivity contribution in [3.63, 3.8) is 0 Å². The van der Waals surface area contributed by atoms with Crippen LogP contribution < -0.4 is 10.9 Å². The summed E-state index contributed by atoms with van der Waals surface area (Å²) < 4.78 is 0.464. The number of hydrogen-bond donors (Lipinski definition) is 2. The van der Waals surface area contributed by atoms with Gasteiger partial charge in [-0.1, -0.05) is 84.1 Å². The zero-order valence-electron chi connectivity index (χ0n) is 17.8. The first kappa shape index (κ1) is 24.7. The van der Waals surface area contributed by atoms with Gasteiger partial charge >= 0.3 is 0 Å². The molecule has 2 N–H and O–H groups in total. The van der Waals surface area contributed by atoms with Crippen LogP contribution in [0.5, 0.6) is 0 Å². The molecule has 0 aliphatic carbocycles. The standard InChI is InChI=1S/C24H22ClN3O3S2/c1-16(14-17-8-3-2-4-9-17)15-20-23(31)28(24(32)33-20)13-7-12-21(29)26-27-22(30)18-10-5-6-11-19(18)25/h2-6,8-11,14-15H,7,12-13H2,1H3,(H,26,29)(H,27,30)/b16-14+,20-15-. The van der Waals surface area contributed by atoms with Crippen molar-refractivity contribution in [1.29, 1.82) is 0 Å². The highest BCUT2D eigenvalue weighted by atomic mass is 35.5. The molecule has 2 aromatic carbocycles. The van der Waals surface area contributed by atoms with Gasteiger partial charge in [-0.2, -0.15) is 0 Å². The van der Waals surface area contributed by atoms with Crippen LogP contribution in [0.2, 0.25) is 5.02 Å². The van der Waals surface area contributed by atoms with Crippen molar-refractivity contribution in [3.05, 3.63) is 87.3 Å². The zero-order chi connectivity index (χ0) is 23.8. The summed E-state index contributed by atoms with van der Waals surface area (Å²) in [7, 11) is 0. The minimum Gasteiger partial charge on any atom is -0.293 e. The highest BCUT2D eigenvalue weighted by Gasteiger charge is 2.31. The van der Waals surface area contributed by atoms with E-state index in [4.69, 9.17) is 23.8 Å². The van der Waals surface area contributed by atoms with Gasteiger partial charge < -0.3 is 0 Å². The molecule has 33 heavy (non-hydrogen) atoms. The summed E-state index contributed by atoms with van der Waals surface area (Å²) in [5, 5.41) is 0.292. The lowest BCUT2D eigenvalue weighted by molar-refractivity contribution is -0.124. The Morgan fingerprint density at radius 1 is 1.09 bits per heavy atom. The van der Waals surface area contributed by atoms with Crippen LogP contribution in [-0.2, 0) is 9.59 Å². The van der Waals surface area contributed by atoms with Gasteiger partial charge in [-0.05, 0) is 42.7 Å². The topological polar surface area (TPSA) is 78.5 Å². The molecule has 0 atom stereocenters. The number of thiocarbonyl (C=S) groups is 1. The number of allylic oxidation sites excluding steroid dienone is 2. The Labute approximate surface area is 207 Å². The minimum atomic E-state index is -0.505. The molecule has 0 spiro atoms. The number of amides is 3. The van der Waals surface area contributed by atoms with Crippen LogP contribution in [0, 0.1) is 0 Å². The van der Waals surface area contributed by atoms with E-state index >= 15 is 0 Å². The molecule has 1 aliphatic heterocycles. The molecule has 9 heteroatoms. The van der Waals surface area contributed by atoms with Crippen LogP contribution in [0.3, 0.4) is 0 Å². The van der Waals surface area contributed by atoms with Crippen molar-refractivity contribution in [2.45, 2.75) is 19.8 Å². The number of rotatable bonds is 7. The molecule has 1 heterocycles. The van der Waals surface area contributed by atoms with Crippen molar-refractivity contribution in [3.8, 4) is 0 Å². The summed E-state index contributed by atoms with van der Waals surface area (Å²) in [5.41, 5.74) is 6.95. The van der Waals surface area contributed by atoms with Gasteiger partial charge in [-0.3, -0.25) is 30.1 Å². The van der Waals surface area contributed by atoms with Crippen LogP contribution >= 0.6 is 35.6 Å². The van der Waals surface area contributed by atoms with Gasteiger partial charge in [0.2, 0.25) is 5.91 Å². The largest absolute Gasteiger partial charge is 0.293 e. The van der Waals surface area contributed by atoms with E-state index in [9.17, 15) is 14.4 Å². The Balaban J connectivity index is 1.47. The Kier molecular flexibility index (Phi) is 8.82. The lowest BCUT2D eigenvalue weighted by atomic mass is 10.1. The number of carbonyl (C=O) groups is 3. The summed E-state index contributed by atoms with van der Waals surface area (Å²) in [6.45, 7) is 2.25. The molecule has 0 saturated carbocycles. The number of hydrazine groups is 1. The lowest BCUT2D eigenvalue weighted by Crippen LogP contribution is -2.42. The normalized spacial score (nSPS) is 15.2. The average Bonchev–Trinajstić information content (AvgIpc) is 3.05. The highest BCUT2D eigenvalue weighted by Crippen LogP contribution is 2.32. The molecule has 1 aliphatic rings. The second-order valence-electron chi connectivity index (χ2n) is 7.22. The Bertz CT molecular complexity index is 1130. The fourth-order valence-corrected chi connectivity index (χ4v) is 4.63. The maximum atomic E-state index is 12.7. The van der Waals surface area contributed by atoms with Crippen LogP contribution in [0.4, 0.5) is 0 Å². The first-order valence-electron chi connectivity index (χ1n) is 10.2. The fourth-order valence-electron chi connectivity index (χ4n) is 3.05. The van der Waals surface area contributed by atoms with Crippen molar-refractivity contribution in [1.82, 2.24) is 15.8 Å². The van der Waals surface area contributed by atoms with Crippen molar-refractivity contribution >= 4 is 63.7 Å². The zero-order valence-corrected chi connectivity index (χ0v) is 20.2. The Morgan fingerprint density at radius 3 is 2.52 bits per heavy atom. The van der Waals surface area contributed by atoms with Crippen molar-refractivity contribution in [2.75, 3.05) is 6.54 Å². The summed E-state index contributed by atoms with van der Waals surface area (Å²) in [6.07, 6.45) is 4.33. The molecule has 0 aromatic heterocycles. The monoisotopic (exact) mass is 499 g/mol. The van der Waals surface area contributed by atoms with E-state index in [1.807, 2.05) is 49.4 Å². The molecule has 0 bridgehead atoms. The van der Waals surface area contributed by atoms with Gasteiger partial charge in [0.15, 0.2) is 0 Å². The molecule has 3 amide bonds. The van der Waals surface area contributed by atoms with Crippen LogP contribution in [0.15, 0.2) is 71.2 Å². The summed E-state index contributed by atoms with van der Waals surface area (Å²) in [4.78, 5) is 38.9. The van der Waals surface area contributed by atoms with E-state index in [0.29, 0.717) is 27.2 Å². The quantitative estimate of drug-likeness (QED) is 0.327. The molecule has 1 saturated heterocycles. The third-order valence-corrected chi connectivity index (χ3v) is 6.35. The van der Waals surface area contributed by atoms with E-state index in [-0.39, 0.29) is 23.8 Å². The molecular weight excluding hydrogens is 478 g/mol. The second-order valence-corrected chi connectivity index (χ2v) is 9.30. The maximum absolute atomic E-state index is 12.7. The van der Waals surface area contributed by atoms with Gasteiger partial charge in [-0.25, -0.2) is 0 Å².